The van der Waals surface area contributed by atoms with Gasteiger partial charge in [0.2, 0.25) is 0 Å². The first kappa shape index (κ1) is 14.9. The molecule has 0 aliphatic carbocycles. The van der Waals surface area contributed by atoms with E-state index in [-0.39, 0.29) is 5.82 Å². The third kappa shape index (κ3) is 4.27. The summed E-state index contributed by atoms with van der Waals surface area (Å²) in [5.74, 6) is -0.147. The monoisotopic (exact) mass is 253 g/mol. The first-order chi connectivity index (χ1) is 8.56. The first-order valence-corrected chi connectivity index (χ1v) is 6.40. The van der Waals surface area contributed by atoms with Crippen LogP contribution in [0.3, 0.4) is 0 Å². The van der Waals surface area contributed by atoms with Crippen LogP contribution in [0.2, 0.25) is 0 Å². The number of para-hydroxylation sites is 1. The number of hydrogen-bond acceptors (Lipinski definition) is 3. The van der Waals surface area contributed by atoms with Crippen LogP contribution in [0.5, 0.6) is 0 Å². The molecular formula is C14H24FN3. The van der Waals surface area contributed by atoms with Gasteiger partial charge in [0, 0.05) is 26.7 Å². The first-order valence-electron chi connectivity index (χ1n) is 6.40. The second-order valence-corrected chi connectivity index (χ2v) is 4.75. The van der Waals surface area contributed by atoms with Crippen LogP contribution < -0.4 is 10.2 Å². The highest BCUT2D eigenvalue weighted by Gasteiger charge is 2.12. The normalized spacial score (nSPS) is 11.0. The van der Waals surface area contributed by atoms with E-state index in [1.807, 2.05) is 32.1 Å². The minimum Gasteiger partial charge on any atom is -0.371 e. The van der Waals surface area contributed by atoms with Gasteiger partial charge < -0.3 is 15.1 Å². The number of benzene rings is 1. The van der Waals surface area contributed by atoms with Crippen LogP contribution in [0.1, 0.15) is 12.5 Å². The number of halogens is 1. The average Bonchev–Trinajstić information content (AvgIpc) is 2.33. The molecule has 0 saturated carbocycles. The summed E-state index contributed by atoms with van der Waals surface area (Å²) in [6.45, 7) is 5.36. The highest BCUT2D eigenvalue weighted by molar-refractivity contribution is 5.54. The van der Waals surface area contributed by atoms with Crippen molar-refractivity contribution in [3.05, 3.63) is 29.6 Å². The predicted molar refractivity (Wildman–Crippen MR) is 75.6 cm³/mol. The zero-order valence-corrected chi connectivity index (χ0v) is 11.8. The van der Waals surface area contributed by atoms with Crippen molar-refractivity contribution in [3.8, 4) is 0 Å². The number of anilines is 1. The van der Waals surface area contributed by atoms with Crippen molar-refractivity contribution in [1.29, 1.82) is 0 Å². The van der Waals surface area contributed by atoms with Gasteiger partial charge in [0.15, 0.2) is 0 Å². The van der Waals surface area contributed by atoms with Gasteiger partial charge in [-0.3, -0.25) is 0 Å². The molecule has 18 heavy (non-hydrogen) atoms. The smallest absolute Gasteiger partial charge is 0.146 e. The molecule has 0 amide bonds. The Kier molecular flexibility index (Phi) is 6.09. The lowest BCUT2D eigenvalue weighted by molar-refractivity contribution is 0.415. The van der Waals surface area contributed by atoms with Gasteiger partial charge in [-0.15, -0.1) is 0 Å². The third-order valence-corrected chi connectivity index (χ3v) is 2.90. The Morgan fingerprint density at radius 2 is 1.89 bits per heavy atom. The summed E-state index contributed by atoms with van der Waals surface area (Å²) >= 11 is 0. The minimum absolute atomic E-state index is 0.147. The van der Waals surface area contributed by atoms with Crippen LogP contribution in [-0.4, -0.2) is 45.7 Å². The van der Waals surface area contributed by atoms with Crippen LogP contribution >= 0.6 is 0 Å². The van der Waals surface area contributed by atoms with Crippen molar-refractivity contribution in [3.63, 3.8) is 0 Å². The standard InChI is InChI=1S/C14H24FN3/c1-5-16-11-12-7-6-8-13(15)14(12)18(4)10-9-17(2)3/h6-8,16H,5,9-11H2,1-4H3. The van der Waals surface area contributed by atoms with Crippen LogP contribution in [0, 0.1) is 5.82 Å². The van der Waals surface area contributed by atoms with E-state index < -0.39 is 0 Å². The number of hydrogen-bond donors (Lipinski definition) is 1. The third-order valence-electron chi connectivity index (χ3n) is 2.90. The van der Waals surface area contributed by atoms with E-state index in [9.17, 15) is 4.39 Å². The Balaban J connectivity index is 2.83. The number of rotatable bonds is 7. The molecule has 0 spiro atoms. The molecule has 0 heterocycles. The molecule has 0 radical (unpaired) electrons. The van der Waals surface area contributed by atoms with Gasteiger partial charge in [0.05, 0.1) is 5.69 Å². The van der Waals surface area contributed by atoms with Crippen molar-refractivity contribution in [2.75, 3.05) is 45.7 Å². The van der Waals surface area contributed by atoms with Gasteiger partial charge in [0.1, 0.15) is 5.82 Å². The maximum absolute atomic E-state index is 14.0. The van der Waals surface area contributed by atoms with Crippen LogP contribution in [0.15, 0.2) is 18.2 Å². The molecule has 4 heteroatoms. The van der Waals surface area contributed by atoms with Gasteiger partial charge in [-0.25, -0.2) is 4.39 Å². The van der Waals surface area contributed by atoms with E-state index in [0.29, 0.717) is 12.2 Å². The zero-order chi connectivity index (χ0) is 13.5. The molecule has 3 nitrogen and oxygen atoms in total. The Bertz CT molecular complexity index is 366. The number of nitrogens with zero attached hydrogens (tertiary/aromatic N) is 2. The van der Waals surface area contributed by atoms with Crippen molar-refractivity contribution in [1.82, 2.24) is 10.2 Å². The average molecular weight is 253 g/mol. The van der Waals surface area contributed by atoms with Gasteiger partial charge >= 0.3 is 0 Å². The van der Waals surface area contributed by atoms with E-state index >= 15 is 0 Å². The van der Waals surface area contributed by atoms with E-state index in [0.717, 1.165) is 25.2 Å². The lowest BCUT2D eigenvalue weighted by Gasteiger charge is -2.24. The molecule has 0 fully saturated rings. The molecular weight excluding hydrogens is 229 g/mol. The largest absolute Gasteiger partial charge is 0.371 e. The van der Waals surface area contributed by atoms with E-state index in [4.69, 9.17) is 0 Å². The lowest BCUT2D eigenvalue weighted by atomic mass is 10.1. The summed E-state index contributed by atoms with van der Waals surface area (Å²) in [7, 11) is 5.99. The molecule has 1 aromatic rings. The van der Waals surface area contributed by atoms with Crippen LogP contribution in [-0.2, 0) is 6.54 Å². The van der Waals surface area contributed by atoms with Gasteiger partial charge in [-0.1, -0.05) is 19.1 Å². The van der Waals surface area contributed by atoms with E-state index in [2.05, 4.69) is 17.1 Å². The SMILES string of the molecule is CCNCc1cccc(F)c1N(C)CCN(C)C. The highest BCUT2D eigenvalue weighted by atomic mass is 19.1. The van der Waals surface area contributed by atoms with Gasteiger partial charge in [0.25, 0.3) is 0 Å². The zero-order valence-electron chi connectivity index (χ0n) is 11.8. The highest BCUT2D eigenvalue weighted by Crippen LogP contribution is 2.23. The molecule has 1 aromatic carbocycles. The summed E-state index contributed by atoms with van der Waals surface area (Å²) in [6, 6.07) is 5.27. The summed E-state index contributed by atoms with van der Waals surface area (Å²) in [5, 5.41) is 3.25. The molecule has 0 aliphatic heterocycles. The van der Waals surface area contributed by atoms with Crippen molar-refractivity contribution in [2.45, 2.75) is 13.5 Å². The number of nitrogens with one attached hydrogen (secondary N) is 1. The second kappa shape index (κ2) is 7.34. The Morgan fingerprint density at radius 3 is 2.50 bits per heavy atom. The molecule has 0 aromatic heterocycles. The Labute approximate surface area is 110 Å². The summed E-state index contributed by atoms with van der Waals surface area (Å²) in [5.41, 5.74) is 1.72. The van der Waals surface area contributed by atoms with Crippen LogP contribution in [0.4, 0.5) is 10.1 Å². The quantitative estimate of drug-likeness (QED) is 0.801. The van der Waals surface area contributed by atoms with Crippen LogP contribution in [0.25, 0.3) is 0 Å². The molecule has 0 unspecified atom stereocenters. The predicted octanol–water partition coefficient (Wildman–Crippen LogP) is 1.93. The van der Waals surface area contributed by atoms with Gasteiger partial charge in [-0.05, 0) is 32.3 Å². The lowest BCUT2D eigenvalue weighted by Crippen LogP contribution is -2.30. The maximum atomic E-state index is 14.0. The van der Waals surface area contributed by atoms with E-state index in [1.165, 1.54) is 6.07 Å². The van der Waals surface area contributed by atoms with Crippen molar-refractivity contribution >= 4 is 5.69 Å². The molecule has 1 N–H and O–H groups in total. The van der Waals surface area contributed by atoms with Gasteiger partial charge in [-0.2, -0.15) is 0 Å². The van der Waals surface area contributed by atoms with E-state index in [1.54, 1.807) is 6.07 Å². The number of likely N-dealkylation sites (N-methyl/N-ethyl adjacent to an activating group) is 2. The van der Waals surface area contributed by atoms with Crippen molar-refractivity contribution < 1.29 is 4.39 Å². The fraction of sp³-hybridized carbons (Fsp3) is 0.571. The molecule has 0 bridgehead atoms. The minimum atomic E-state index is -0.147. The maximum Gasteiger partial charge on any atom is 0.146 e. The molecule has 0 saturated heterocycles. The topological polar surface area (TPSA) is 18.5 Å². The summed E-state index contributed by atoms with van der Waals surface area (Å²) in [6.07, 6.45) is 0. The molecule has 0 aliphatic rings. The Hall–Kier alpha value is -1.13. The van der Waals surface area contributed by atoms with Crippen molar-refractivity contribution in [2.24, 2.45) is 0 Å². The second-order valence-electron chi connectivity index (χ2n) is 4.75. The molecule has 1 rings (SSSR count). The Morgan fingerprint density at radius 1 is 1.17 bits per heavy atom. The summed E-state index contributed by atoms with van der Waals surface area (Å²) < 4.78 is 14.0. The fourth-order valence-electron chi connectivity index (χ4n) is 1.85. The molecule has 0 atom stereocenters. The molecule has 102 valence electrons. The summed E-state index contributed by atoms with van der Waals surface area (Å²) in [4.78, 5) is 4.09. The fourth-order valence-corrected chi connectivity index (χ4v) is 1.85.